The van der Waals surface area contributed by atoms with Crippen molar-refractivity contribution in [3.63, 3.8) is 0 Å². The van der Waals surface area contributed by atoms with Gasteiger partial charge in [0, 0.05) is 43.2 Å². The largest absolute Gasteiger partial charge is 0.356 e. The van der Waals surface area contributed by atoms with Crippen LogP contribution in [0, 0.1) is 12.8 Å². The van der Waals surface area contributed by atoms with Gasteiger partial charge in [0.05, 0.1) is 17.0 Å². The van der Waals surface area contributed by atoms with Crippen LogP contribution in [-0.4, -0.2) is 40.2 Å². The second-order valence-corrected chi connectivity index (χ2v) is 8.12. The Morgan fingerprint density at radius 3 is 2.59 bits per heavy atom. The van der Waals surface area contributed by atoms with Gasteiger partial charge in [0.25, 0.3) is 0 Å². The minimum Gasteiger partial charge on any atom is -0.356 e. The van der Waals surface area contributed by atoms with E-state index in [-0.39, 0.29) is 17.9 Å². The number of rotatable bonds is 5. The van der Waals surface area contributed by atoms with Crippen molar-refractivity contribution < 1.29 is 9.32 Å². The molecule has 7 nitrogen and oxygen atoms in total. The molecule has 1 amide bonds. The highest BCUT2D eigenvalue weighted by molar-refractivity contribution is 5.81. The standard InChI is InChI=1S/C20H25N5O2/c1-12-10-17(27-24-12)16-11-21-20(23-18(16)13-2-3-13)25-8-6-15(7-9-25)22-19(26)14-4-5-14/h10-11,13-15H,2-9H2,1H3,(H,22,26). The van der Waals surface area contributed by atoms with Gasteiger partial charge < -0.3 is 14.7 Å². The van der Waals surface area contributed by atoms with Crippen LogP contribution in [-0.2, 0) is 4.79 Å². The smallest absolute Gasteiger partial charge is 0.225 e. The Bertz CT molecular complexity index is 848. The lowest BCUT2D eigenvalue weighted by Gasteiger charge is -2.32. The summed E-state index contributed by atoms with van der Waals surface area (Å²) in [7, 11) is 0. The summed E-state index contributed by atoms with van der Waals surface area (Å²) in [5.41, 5.74) is 2.92. The maximum atomic E-state index is 12.0. The highest BCUT2D eigenvalue weighted by Crippen LogP contribution is 2.43. The van der Waals surface area contributed by atoms with Crippen molar-refractivity contribution in [3.05, 3.63) is 23.7 Å². The Morgan fingerprint density at radius 1 is 1.19 bits per heavy atom. The molecular weight excluding hydrogens is 342 g/mol. The first-order chi connectivity index (χ1) is 13.2. The lowest BCUT2D eigenvalue weighted by molar-refractivity contribution is -0.123. The molecule has 2 aromatic heterocycles. The van der Waals surface area contributed by atoms with Gasteiger partial charge in [-0.2, -0.15) is 0 Å². The number of nitrogens with zero attached hydrogens (tertiary/aromatic N) is 4. The fourth-order valence-electron chi connectivity index (χ4n) is 3.77. The third-order valence-corrected chi connectivity index (χ3v) is 5.74. The summed E-state index contributed by atoms with van der Waals surface area (Å²) in [6.07, 6.45) is 8.24. The molecule has 0 unspecified atom stereocenters. The first-order valence-electron chi connectivity index (χ1n) is 10.0. The molecule has 5 rings (SSSR count). The maximum absolute atomic E-state index is 12.0. The van der Waals surface area contributed by atoms with Crippen LogP contribution in [0.3, 0.4) is 0 Å². The molecule has 2 saturated carbocycles. The first-order valence-corrected chi connectivity index (χ1v) is 10.0. The molecule has 3 aliphatic rings. The summed E-state index contributed by atoms with van der Waals surface area (Å²) in [4.78, 5) is 23.7. The fourth-order valence-corrected chi connectivity index (χ4v) is 3.77. The number of carbonyl (C=O) groups excluding carboxylic acids is 1. The molecule has 142 valence electrons. The van der Waals surface area contributed by atoms with Gasteiger partial charge in [-0.05, 0) is 45.4 Å². The van der Waals surface area contributed by atoms with E-state index in [4.69, 9.17) is 9.51 Å². The van der Waals surface area contributed by atoms with E-state index >= 15 is 0 Å². The van der Waals surface area contributed by atoms with Gasteiger partial charge in [-0.25, -0.2) is 9.97 Å². The Labute approximate surface area is 158 Å². The molecule has 0 radical (unpaired) electrons. The number of hydrogen-bond acceptors (Lipinski definition) is 6. The van der Waals surface area contributed by atoms with Crippen molar-refractivity contribution in [3.8, 4) is 11.3 Å². The minimum atomic E-state index is 0.243. The molecule has 27 heavy (non-hydrogen) atoms. The molecule has 1 aliphatic heterocycles. The van der Waals surface area contributed by atoms with E-state index in [2.05, 4.69) is 20.4 Å². The lowest BCUT2D eigenvalue weighted by atomic mass is 10.0. The average molecular weight is 367 g/mol. The summed E-state index contributed by atoms with van der Waals surface area (Å²) in [6.45, 7) is 3.67. The SMILES string of the molecule is Cc1cc(-c2cnc(N3CCC(NC(=O)C4CC4)CC3)nc2C2CC2)on1. The number of aryl methyl sites for hydroxylation is 1. The number of hydrogen-bond donors (Lipinski definition) is 1. The number of carbonyl (C=O) groups is 1. The average Bonchev–Trinajstić information content (AvgIpc) is 3.60. The Morgan fingerprint density at radius 2 is 1.96 bits per heavy atom. The zero-order valence-corrected chi connectivity index (χ0v) is 15.6. The molecule has 2 aromatic rings. The van der Waals surface area contributed by atoms with Crippen LogP contribution in [0.5, 0.6) is 0 Å². The third-order valence-electron chi connectivity index (χ3n) is 5.74. The molecule has 3 heterocycles. The van der Waals surface area contributed by atoms with Crippen molar-refractivity contribution in [1.29, 1.82) is 0 Å². The Balaban J connectivity index is 1.29. The first kappa shape index (κ1) is 16.7. The molecular formula is C20H25N5O2. The predicted molar refractivity (Wildman–Crippen MR) is 100 cm³/mol. The molecule has 7 heteroatoms. The number of nitrogens with one attached hydrogen (secondary N) is 1. The monoisotopic (exact) mass is 367 g/mol. The molecule has 0 aromatic carbocycles. The summed E-state index contributed by atoms with van der Waals surface area (Å²) in [5.74, 6) is 2.57. The maximum Gasteiger partial charge on any atom is 0.225 e. The summed E-state index contributed by atoms with van der Waals surface area (Å²) in [5, 5.41) is 7.20. The lowest BCUT2D eigenvalue weighted by Crippen LogP contribution is -2.45. The summed E-state index contributed by atoms with van der Waals surface area (Å²) < 4.78 is 5.45. The molecule has 1 N–H and O–H groups in total. The number of anilines is 1. The molecule has 3 fully saturated rings. The van der Waals surface area contributed by atoms with Crippen LogP contribution < -0.4 is 10.2 Å². The zero-order valence-electron chi connectivity index (χ0n) is 15.6. The Hall–Kier alpha value is -2.44. The third kappa shape index (κ3) is 3.55. The molecule has 0 atom stereocenters. The summed E-state index contributed by atoms with van der Waals surface area (Å²) in [6, 6.07) is 2.23. The van der Waals surface area contributed by atoms with Crippen molar-refractivity contribution in [2.45, 2.75) is 57.4 Å². The van der Waals surface area contributed by atoms with Crippen molar-refractivity contribution in [2.75, 3.05) is 18.0 Å². The molecule has 2 aliphatic carbocycles. The van der Waals surface area contributed by atoms with E-state index in [1.165, 1.54) is 12.8 Å². The number of amides is 1. The highest BCUT2D eigenvalue weighted by atomic mass is 16.5. The fraction of sp³-hybridized carbons (Fsp3) is 0.600. The number of aromatic nitrogens is 3. The normalized spacial score (nSPS) is 20.7. The topological polar surface area (TPSA) is 84.2 Å². The predicted octanol–water partition coefficient (Wildman–Crippen LogP) is 2.81. The van der Waals surface area contributed by atoms with Gasteiger partial charge in [-0.15, -0.1) is 0 Å². The quantitative estimate of drug-likeness (QED) is 0.875. The Kier molecular flexibility index (Phi) is 4.10. The summed E-state index contributed by atoms with van der Waals surface area (Å²) >= 11 is 0. The van der Waals surface area contributed by atoms with E-state index in [1.807, 2.05) is 19.2 Å². The van der Waals surface area contributed by atoms with Gasteiger partial charge in [0.15, 0.2) is 5.76 Å². The second-order valence-electron chi connectivity index (χ2n) is 8.12. The van der Waals surface area contributed by atoms with Gasteiger partial charge in [0.1, 0.15) is 0 Å². The number of piperidine rings is 1. The van der Waals surface area contributed by atoms with E-state index in [1.54, 1.807) is 0 Å². The van der Waals surface area contributed by atoms with Crippen molar-refractivity contribution in [2.24, 2.45) is 5.92 Å². The van der Waals surface area contributed by atoms with Gasteiger partial charge in [-0.1, -0.05) is 5.16 Å². The van der Waals surface area contributed by atoms with Crippen LogP contribution in [0.1, 0.15) is 55.8 Å². The molecule has 1 saturated heterocycles. The second kappa shape index (κ2) is 6.62. The van der Waals surface area contributed by atoms with Crippen LogP contribution >= 0.6 is 0 Å². The van der Waals surface area contributed by atoms with Crippen molar-refractivity contribution >= 4 is 11.9 Å². The van der Waals surface area contributed by atoms with E-state index in [0.29, 0.717) is 5.92 Å². The zero-order chi connectivity index (χ0) is 18.4. The minimum absolute atomic E-state index is 0.243. The van der Waals surface area contributed by atoms with Crippen LogP contribution in [0.15, 0.2) is 16.8 Å². The van der Waals surface area contributed by atoms with Crippen LogP contribution in [0.2, 0.25) is 0 Å². The van der Waals surface area contributed by atoms with E-state index in [9.17, 15) is 4.79 Å². The van der Waals surface area contributed by atoms with Crippen LogP contribution in [0.25, 0.3) is 11.3 Å². The highest BCUT2D eigenvalue weighted by Gasteiger charge is 2.33. The molecule has 0 spiro atoms. The van der Waals surface area contributed by atoms with Gasteiger partial charge in [0.2, 0.25) is 11.9 Å². The van der Waals surface area contributed by atoms with E-state index in [0.717, 1.165) is 67.4 Å². The van der Waals surface area contributed by atoms with E-state index < -0.39 is 0 Å². The van der Waals surface area contributed by atoms with Crippen molar-refractivity contribution in [1.82, 2.24) is 20.4 Å². The van der Waals surface area contributed by atoms with Crippen LogP contribution in [0.4, 0.5) is 5.95 Å². The molecule has 0 bridgehead atoms. The van der Waals surface area contributed by atoms with Gasteiger partial charge in [-0.3, -0.25) is 4.79 Å². The van der Waals surface area contributed by atoms with Gasteiger partial charge >= 0.3 is 0 Å².